The second-order valence-electron chi connectivity index (χ2n) is 7.70. The van der Waals surface area contributed by atoms with E-state index in [4.69, 9.17) is 4.52 Å². The maximum Gasteiger partial charge on any atom is 0.223 e. The van der Waals surface area contributed by atoms with Gasteiger partial charge in [0.1, 0.15) is 5.54 Å². The molecule has 0 bridgehead atoms. The third-order valence-corrected chi connectivity index (χ3v) is 7.98. The van der Waals surface area contributed by atoms with Crippen molar-refractivity contribution in [3.63, 3.8) is 0 Å². The lowest BCUT2D eigenvalue weighted by Gasteiger charge is -2.30. The summed E-state index contributed by atoms with van der Waals surface area (Å²) in [5, 5.41) is 6.87. The van der Waals surface area contributed by atoms with Crippen LogP contribution in [0.5, 0.6) is 0 Å². The molecule has 0 radical (unpaired) electrons. The summed E-state index contributed by atoms with van der Waals surface area (Å²) >= 11 is 0. The summed E-state index contributed by atoms with van der Waals surface area (Å²) in [7, 11) is -3.19. The Bertz CT molecular complexity index is 715. The number of carbonyl (C=O) groups is 1. The summed E-state index contributed by atoms with van der Waals surface area (Å²) in [4.78, 5) is 17.0. The van der Waals surface area contributed by atoms with E-state index in [1.54, 1.807) is 6.92 Å². The number of nitrogens with zero attached hydrogens (tertiary/aromatic N) is 2. The molecule has 2 saturated carbocycles. The fourth-order valence-corrected chi connectivity index (χ4v) is 6.06. The molecule has 1 aromatic rings. The van der Waals surface area contributed by atoms with Crippen molar-refractivity contribution < 1.29 is 17.7 Å². The van der Waals surface area contributed by atoms with E-state index in [9.17, 15) is 13.2 Å². The second kappa shape index (κ2) is 8.06. The highest BCUT2D eigenvalue weighted by Crippen LogP contribution is 2.35. The van der Waals surface area contributed by atoms with E-state index in [1.807, 2.05) is 0 Å². The molecule has 1 amide bonds. The van der Waals surface area contributed by atoms with Gasteiger partial charge in [0.2, 0.25) is 11.8 Å². The lowest BCUT2D eigenvalue weighted by Crippen LogP contribution is -2.47. The molecule has 0 saturated heterocycles. The number of rotatable bonds is 6. The smallest absolute Gasteiger partial charge is 0.223 e. The van der Waals surface area contributed by atoms with Gasteiger partial charge in [-0.25, -0.2) is 8.42 Å². The molecular weight excluding hydrogens is 354 g/mol. The van der Waals surface area contributed by atoms with Gasteiger partial charge in [-0.05, 0) is 25.7 Å². The third kappa shape index (κ3) is 4.45. The number of sulfone groups is 1. The normalized spacial score (nSPS) is 21.4. The topological polar surface area (TPSA) is 102 Å². The van der Waals surface area contributed by atoms with E-state index < -0.39 is 15.4 Å². The van der Waals surface area contributed by atoms with Crippen molar-refractivity contribution in [2.45, 2.75) is 88.3 Å². The molecular formula is C18H29N3O4S. The number of carbonyl (C=O) groups excluding carboxylic acids is 1. The van der Waals surface area contributed by atoms with Crippen LogP contribution >= 0.6 is 0 Å². The summed E-state index contributed by atoms with van der Waals surface area (Å²) in [6, 6.07) is 0. The van der Waals surface area contributed by atoms with Gasteiger partial charge >= 0.3 is 0 Å². The first kappa shape index (κ1) is 19.3. The molecule has 3 rings (SSSR count). The number of hydrogen-bond donors (Lipinski definition) is 1. The minimum absolute atomic E-state index is 0.00256. The fourth-order valence-electron chi connectivity index (χ4n) is 4.21. The zero-order valence-corrected chi connectivity index (χ0v) is 16.3. The lowest BCUT2D eigenvalue weighted by molar-refractivity contribution is -0.123. The Morgan fingerprint density at radius 1 is 1.15 bits per heavy atom. The first-order valence-electron chi connectivity index (χ1n) is 9.75. The monoisotopic (exact) mass is 383 g/mol. The Hall–Kier alpha value is -1.44. The SMILES string of the molecule is Cc1nc(C2(NC(=O)CCS(=O)(=O)C3CCCC3)CCCCCC2)no1. The minimum atomic E-state index is -3.19. The Kier molecular flexibility index (Phi) is 5.99. The number of aryl methyl sites for hydroxylation is 1. The molecule has 2 fully saturated rings. The molecule has 2 aliphatic carbocycles. The zero-order valence-electron chi connectivity index (χ0n) is 15.5. The van der Waals surface area contributed by atoms with Crippen molar-refractivity contribution in [3.8, 4) is 0 Å². The van der Waals surface area contributed by atoms with Gasteiger partial charge < -0.3 is 9.84 Å². The fraction of sp³-hybridized carbons (Fsp3) is 0.833. The Labute approximate surface area is 155 Å². The van der Waals surface area contributed by atoms with Crippen molar-refractivity contribution in [1.29, 1.82) is 0 Å². The summed E-state index contributed by atoms with van der Waals surface area (Å²) in [6.07, 6.45) is 9.11. The van der Waals surface area contributed by atoms with E-state index in [0.717, 1.165) is 64.2 Å². The van der Waals surface area contributed by atoms with E-state index >= 15 is 0 Å². The average Bonchev–Trinajstić information content (AvgIpc) is 3.23. The molecule has 1 N–H and O–H groups in total. The van der Waals surface area contributed by atoms with Gasteiger partial charge in [0.15, 0.2) is 15.7 Å². The van der Waals surface area contributed by atoms with Crippen LogP contribution in [0.1, 0.15) is 82.3 Å². The van der Waals surface area contributed by atoms with Crippen LogP contribution in [0.2, 0.25) is 0 Å². The van der Waals surface area contributed by atoms with Gasteiger partial charge in [0, 0.05) is 13.3 Å². The summed E-state index contributed by atoms with van der Waals surface area (Å²) < 4.78 is 30.0. The van der Waals surface area contributed by atoms with E-state index in [2.05, 4.69) is 15.5 Å². The predicted molar refractivity (Wildman–Crippen MR) is 97.2 cm³/mol. The van der Waals surface area contributed by atoms with Crippen molar-refractivity contribution in [3.05, 3.63) is 11.7 Å². The van der Waals surface area contributed by atoms with Crippen LogP contribution in [0.25, 0.3) is 0 Å². The van der Waals surface area contributed by atoms with Crippen LogP contribution in [0.3, 0.4) is 0 Å². The molecule has 7 nitrogen and oxygen atoms in total. The van der Waals surface area contributed by atoms with Gasteiger partial charge in [-0.15, -0.1) is 0 Å². The van der Waals surface area contributed by atoms with E-state index in [-0.39, 0.29) is 23.3 Å². The number of nitrogens with one attached hydrogen (secondary N) is 1. The zero-order chi connectivity index (χ0) is 18.6. The first-order chi connectivity index (χ1) is 12.4. The maximum atomic E-state index is 12.6. The molecule has 1 heterocycles. The molecule has 2 aliphatic rings. The molecule has 0 aliphatic heterocycles. The molecule has 1 aromatic heterocycles. The van der Waals surface area contributed by atoms with Gasteiger partial charge in [0.05, 0.1) is 11.0 Å². The van der Waals surface area contributed by atoms with Gasteiger partial charge in [0.25, 0.3) is 0 Å². The highest BCUT2D eigenvalue weighted by molar-refractivity contribution is 7.92. The van der Waals surface area contributed by atoms with Gasteiger partial charge in [-0.3, -0.25) is 4.79 Å². The van der Waals surface area contributed by atoms with E-state index in [0.29, 0.717) is 11.7 Å². The summed E-state index contributed by atoms with van der Waals surface area (Å²) in [5.41, 5.74) is -0.636. The van der Waals surface area contributed by atoms with E-state index in [1.165, 1.54) is 0 Å². The number of hydrogen-bond acceptors (Lipinski definition) is 6. The molecule has 8 heteroatoms. The highest BCUT2D eigenvalue weighted by atomic mass is 32.2. The molecule has 0 unspecified atom stereocenters. The summed E-state index contributed by atoms with van der Waals surface area (Å²) in [5.74, 6) is 0.673. The Morgan fingerprint density at radius 3 is 2.38 bits per heavy atom. The quantitative estimate of drug-likeness (QED) is 0.758. The Balaban J connectivity index is 1.67. The average molecular weight is 384 g/mol. The van der Waals surface area contributed by atoms with Crippen LogP contribution in [-0.2, 0) is 20.2 Å². The van der Waals surface area contributed by atoms with Crippen LogP contribution in [0, 0.1) is 6.92 Å². The number of amides is 1. The van der Waals surface area contributed by atoms with Crippen molar-refractivity contribution in [2.75, 3.05) is 5.75 Å². The predicted octanol–water partition coefficient (Wildman–Crippen LogP) is 2.79. The van der Waals surface area contributed by atoms with Crippen LogP contribution in [0.4, 0.5) is 0 Å². The second-order valence-corrected chi connectivity index (χ2v) is 10.1. The first-order valence-corrected chi connectivity index (χ1v) is 11.5. The standard InChI is InChI=1S/C18H29N3O4S/c1-14-19-17(21-25-14)18(11-6-2-3-7-12-18)20-16(22)10-13-26(23,24)15-8-4-5-9-15/h15H,2-13H2,1H3,(H,20,22). The number of aromatic nitrogens is 2. The summed E-state index contributed by atoms with van der Waals surface area (Å²) in [6.45, 7) is 1.73. The highest BCUT2D eigenvalue weighted by Gasteiger charge is 2.39. The van der Waals surface area contributed by atoms with Crippen LogP contribution in [-0.4, -0.2) is 35.5 Å². The molecule has 0 spiro atoms. The molecule has 0 atom stereocenters. The molecule has 146 valence electrons. The Morgan fingerprint density at radius 2 is 1.81 bits per heavy atom. The lowest BCUT2D eigenvalue weighted by atomic mass is 9.89. The van der Waals surface area contributed by atoms with Gasteiger partial charge in [-0.1, -0.05) is 43.7 Å². The van der Waals surface area contributed by atoms with Crippen LogP contribution < -0.4 is 5.32 Å². The van der Waals surface area contributed by atoms with Gasteiger partial charge in [-0.2, -0.15) is 4.98 Å². The van der Waals surface area contributed by atoms with Crippen molar-refractivity contribution in [1.82, 2.24) is 15.5 Å². The van der Waals surface area contributed by atoms with Crippen LogP contribution in [0.15, 0.2) is 4.52 Å². The molecule has 26 heavy (non-hydrogen) atoms. The van der Waals surface area contributed by atoms with Crippen molar-refractivity contribution in [2.24, 2.45) is 0 Å². The van der Waals surface area contributed by atoms with Crippen molar-refractivity contribution >= 4 is 15.7 Å². The largest absolute Gasteiger partial charge is 0.343 e. The minimum Gasteiger partial charge on any atom is -0.343 e. The third-order valence-electron chi connectivity index (χ3n) is 5.72. The molecule has 0 aromatic carbocycles. The maximum absolute atomic E-state index is 12.6.